The van der Waals surface area contributed by atoms with Crippen molar-refractivity contribution in [2.75, 3.05) is 20.2 Å². The maximum absolute atomic E-state index is 12.0. The fourth-order valence-electron chi connectivity index (χ4n) is 2.00. The molecule has 0 fully saturated rings. The number of non-ortho nitro benzene ring substituents is 1. The van der Waals surface area contributed by atoms with Crippen molar-refractivity contribution in [3.63, 3.8) is 0 Å². The van der Waals surface area contributed by atoms with Crippen LogP contribution < -0.4 is 5.32 Å². The van der Waals surface area contributed by atoms with E-state index in [-0.39, 0.29) is 24.3 Å². The van der Waals surface area contributed by atoms with E-state index in [9.17, 15) is 24.5 Å². The molecular weight excluding hydrogens is 358 g/mol. The Morgan fingerprint density at radius 2 is 1.93 bits per heavy atom. The Kier molecular flexibility index (Phi) is 6.64. The van der Waals surface area contributed by atoms with Crippen LogP contribution in [0.15, 0.2) is 47.1 Å². The minimum Gasteiger partial charge on any atom is -0.467 e. The Morgan fingerprint density at radius 1 is 1.22 bits per heavy atom. The van der Waals surface area contributed by atoms with Crippen LogP contribution in [0.4, 0.5) is 5.69 Å². The third-order valence-corrected chi connectivity index (χ3v) is 3.49. The largest absolute Gasteiger partial charge is 0.467 e. The highest BCUT2D eigenvalue weighted by Gasteiger charge is 2.16. The number of nitro groups is 1. The van der Waals surface area contributed by atoms with Gasteiger partial charge in [0.1, 0.15) is 5.76 Å². The van der Waals surface area contributed by atoms with Crippen molar-refractivity contribution in [2.24, 2.45) is 0 Å². The number of carbonyl (C=O) groups is 3. The van der Waals surface area contributed by atoms with Crippen LogP contribution in [0.1, 0.15) is 16.1 Å². The first-order valence-electron chi connectivity index (χ1n) is 7.81. The molecule has 0 unspecified atom stereocenters. The molecule has 0 saturated heterocycles. The number of nitro benzene ring substituents is 1. The Hall–Kier alpha value is -3.69. The van der Waals surface area contributed by atoms with Crippen molar-refractivity contribution in [3.8, 4) is 0 Å². The number of amides is 2. The quantitative estimate of drug-likeness (QED) is 0.415. The van der Waals surface area contributed by atoms with E-state index in [4.69, 9.17) is 9.15 Å². The van der Waals surface area contributed by atoms with Crippen LogP contribution in [0.3, 0.4) is 0 Å². The van der Waals surface area contributed by atoms with Crippen molar-refractivity contribution >= 4 is 23.5 Å². The minimum absolute atomic E-state index is 0.0762. The number of likely N-dealkylation sites (N-methyl/N-ethyl adjacent to an activating group) is 1. The van der Waals surface area contributed by atoms with Gasteiger partial charge in [0.05, 0.1) is 29.8 Å². The smallest absolute Gasteiger partial charge is 0.338 e. The van der Waals surface area contributed by atoms with Crippen LogP contribution in [-0.2, 0) is 20.9 Å². The maximum atomic E-state index is 12.0. The van der Waals surface area contributed by atoms with E-state index in [1.807, 2.05) is 0 Å². The number of benzene rings is 1. The molecule has 142 valence electrons. The zero-order chi connectivity index (χ0) is 19.8. The van der Waals surface area contributed by atoms with Gasteiger partial charge < -0.3 is 19.4 Å². The van der Waals surface area contributed by atoms with Gasteiger partial charge in [-0.3, -0.25) is 19.7 Å². The van der Waals surface area contributed by atoms with Gasteiger partial charge in [-0.15, -0.1) is 0 Å². The Balaban J connectivity index is 1.75. The molecule has 0 aliphatic heterocycles. The molecule has 1 aromatic carbocycles. The summed E-state index contributed by atoms with van der Waals surface area (Å²) >= 11 is 0. The van der Waals surface area contributed by atoms with Gasteiger partial charge in [-0.25, -0.2) is 4.79 Å². The number of esters is 1. The van der Waals surface area contributed by atoms with Crippen LogP contribution in [0.2, 0.25) is 0 Å². The lowest BCUT2D eigenvalue weighted by molar-refractivity contribution is -0.384. The van der Waals surface area contributed by atoms with E-state index in [1.54, 1.807) is 12.1 Å². The number of carbonyl (C=O) groups excluding carboxylic acids is 3. The summed E-state index contributed by atoms with van der Waals surface area (Å²) in [4.78, 5) is 46.7. The molecule has 1 N–H and O–H groups in total. The molecule has 2 amide bonds. The van der Waals surface area contributed by atoms with E-state index in [2.05, 4.69) is 5.32 Å². The molecule has 2 aromatic rings. The van der Waals surface area contributed by atoms with Crippen molar-refractivity contribution in [3.05, 3.63) is 64.1 Å². The zero-order valence-electron chi connectivity index (χ0n) is 14.4. The van der Waals surface area contributed by atoms with Crippen molar-refractivity contribution in [1.29, 1.82) is 0 Å². The van der Waals surface area contributed by atoms with Crippen molar-refractivity contribution in [1.82, 2.24) is 10.2 Å². The van der Waals surface area contributed by atoms with Crippen LogP contribution in [0, 0.1) is 10.1 Å². The second-order valence-corrected chi connectivity index (χ2v) is 5.49. The van der Waals surface area contributed by atoms with E-state index in [1.165, 1.54) is 25.4 Å². The molecule has 10 heteroatoms. The molecule has 0 saturated carbocycles. The van der Waals surface area contributed by atoms with Crippen LogP contribution in [0.5, 0.6) is 0 Å². The summed E-state index contributed by atoms with van der Waals surface area (Å²) in [5.74, 6) is -1.19. The van der Waals surface area contributed by atoms with Crippen LogP contribution in [-0.4, -0.2) is 47.8 Å². The highest BCUT2D eigenvalue weighted by Crippen LogP contribution is 2.12. The molecule has 0 bridgehead atoms. The topological polar surface area (TPSA) is 132 Å². The standard InChI is InChI=1S/C17H17N3O7/c1-19(10-15(21)18-9-14-3-2-8-26-14)16(22)11-27-17(23)12-4-6-13(7-5-12)20(24)25/h2-8H,9-11H2,1H3,(H,18,21). The lowest BCUT2D eigenvalue weighted by Gasteiger charge is -2.16. The zero-order valence-corrected chi connectivity index (χ0v) is 14.4. The third-order valence-electron chi connectivity index (χ3n) is 3.49. The second kappa shape index (κ2) is 9.13. The average Bonchev–Trinajstić information content (AvgIpc) is 3.17. The van der Waals surface area contributed by atoms with Gasteiger partial charge in [0.25, 0.3) is 11.6 Å². The summed E-state index contributed by atoms with van der Waals surface area (Å²) < 4.78 is 9.94. The van der Waals surface area contributed by atoms with Gasteiger partial charge in [-0.2, -0.15) is 0 Å². The van der Waals surface area contributed by atoms with E-state index in [0.717, 1.165) is 17.0 Å². The summed E-state index contributed by atoms with van der Waals surface area (Å²) in [6.45, 7) is -0.574. The Labute approximate surface area is 153 Å². The number of ether oxygens (including phenoxy) is 1. The van der Waals surface area contributed by atoms with Crippen LogP contribution in [0.25, 0.3) is 0 Å². The summed E-state index contributed by atoms with van der Waals surface area (Å²) in [6, 6.07) is 8.18. The van der Waals surface area contributed by atoms with Gasteiger partial charge in [-0.1, -0.05) is 0 Å². The predicted octanol–water partition coefficient (Wildman–Crippen LogP) is 1.12. The number of rotatable bonds is 8. The molecule has 0 radical (unpaired) electrons. The average molecular weight is 375 g/mol. The first kappa shape index (κ1) is 19.6. The maximum Gasteiger partial charge on any atom is 0.338 e. The molecular formula is C17H17N3O7. The molecule has 1 aromatic heterocycles. The molecule has 0 spiro atoms. The summed E-state index contributed by atoms with van der Waals surface area (Å²) in [7, 11) is 1.40. The summed E-state index contributed by atoms with van der Waals surface area (Å²) in [6.07, 6.45) is 1.48. The second-order valence-electron chi connectivity index (χ2n) is 5.49. The Morgan fingerprint density at radius 3 is 2.52 bits per heavy atom. The van der Waals surface area contributed by atoms with E-state index >= 15 is 0 Å². The number of nitrogens with zero attached hydrogens (tertiary/aromatic N) is 2. The van der Waals surface area contributed by atoms with Gasteiger partial charge >= 0.3 is 5.97 Å². The number of hydrogen-bond donors (Lipinski definition) is 1. The molecule has 0 aliphatic carbocycles. The highest BCUT2D eigenvalue weighted by molar-refractivity contribution is 5.92. The van der Waals surface area contributed by atoms with Crippen molar-refractivity contribution < 1.29 is 28.5 Å². The molecule has 27 heavy (non-hydrogen) atoms. The Bertz CT molecular complexity index is 816. The predicted molar refractivity (Wildman–Crippen MR) is 91.6 cm³/mol. The molecule has 0 aliphatic rings. The SMILES string of the molecule is CN(CC(=O)NCc1ccco1)C(=O)COC(=O)c1ccc([N+](=O)[O-])cc1. The van der Waals surface area contributed by atoms with Crippen LogP contribution >= 0.6 is 0 Å². The lowest BCUT2D eigenvalue weighted by atomic mass is 10.2. The lowest BCUT2D eigenvalue weighted by Crippen LogP contribution is -2.39. The molecule has 0 atom stereocenters. The van der Waals surface area contributed by atoms with Gasteiger partial charge in [-0.05, 0) is 24.3 Å². The first-order chi connectivity index (χ1) is 12.9. The first-order valence-corrected chi connectivity index (χ1v) is 7.81. The van der Waals surface area contributed by atoms with E-state index in [0.29, 0.717) is 5.76 Å². The normalized spacial score (nSPS) is 10.1. The fourth-order valence-corrected chi connectivity index (χ4v) is 2.00. The highest BCUT2D eigenvalue weighted by atomic mass is 16.6. The summed E-state index contributed by atoms with van der Waals surface area (Å²) in [5, 5.41) is 13.2. The van der Waals surface area contributed by atoms with Gasteiger partial charge in [0.2, 0.25) is 5.91 Å². The molecule has 2 rings (SSSR count). The third kappa shape index (κ3) is 5.96. The molecule has 10 nitrogen and oxygen atoms in total. The number of furan rings is 1. The van der Waals surface area contributed by atoms with Gasteiger partial charge in [0, 0.05) is 19.2 Å². The van der Waals surface area contributed by atoms with Crippen molar-refractivity contribution in [2.45, 2.75) is 6.54 Å². The fraction of sp³-hybridized carbons (Fsp3) is 0.235. The summed E-state index contributed by atoms with van der Waals surface area (Å²) in [5.41, 5.74) is -0.0878. The van der Waals surface area contributed by atoms with E-state index < -0.39 is 29.3 Å². The molecule has 1 heterocycles. The number of nitrogens with one attached hydrogen (secondary N) is 1. The number of hydrogen-bond acceptors (Lipinski definition) is 7. The minimum atomic E-state index is -0.797. The van der Waals surface area contributed by atoms with Gasteiger partial charge in [0.15, 0.2) is 6.61 Å². The monoisotopic (exact) mass is 375 g/mol.